The molecule has 1 aromatic carbocycles. The summed E-state index contributed by atoms with van der Waals surface area (Å²) in [6, 6.07) is 3.83. The molecule has 1 saturated heterocycles. The molecule has 0 aliphatic carbocycles. The molecule has 20 heavy (non-hydrogen) atoms. The van der Waals surface area contributed by atoms with Gasteiger partial charge in [0.05, 0.1) is 17.4 Å². The van der Waals surface area contributed by atoms with E-state index in [4.69, 9.17) is 22.1 Å². The Hall–Kier alpha value is -1.79. The van der Waals surface area contributed by atoms with Gasteiger partial charge in [-0.25, -0.2) is 4.79 Å². The number of hydrogen-bond donors (Lipinski definition) is 2. The van der Waals surface area contributed by atoms with E-state index >= 15 is 0 Å². The number of methoxy groups -OCH3 is 1. The second-order valence-corrected chi connectivity index (χ2v) is 5.06. The first kappa shape index (κ1) is 14.6. The molecule has 0 spiro atoms. The second kappa shape index (κ2) is 5.68. The Morgan fingerprint density at radius 3 is 2.75 bits per heavy atom. The first-order valence-electron chi connectivity index (χ1n) is 6.05. The quantitative estimate of drug-likeness (QED) is 0.869. The lowest BCUT2D eigenvalue weighted by Gasteiger charge is -2.25. The van der Waals surface area contributed by atoms with E-state index in [9.17, 15) is 14.7 Å². The van der Waals surface area contributed by atoms with Gasteiger partial charge in [-0.2, -0.15) is 0 Å². The van der Waals surface area contributed by atoms with E-state index in [1.165, 1.54) is 13.2 Å². The van der Waals surface area contributed by atoms with Gasteiger partial charge in [-0.3, -0.25) is 4.79 Å². The van der Waals surface area contributed by atoms with Crippen molar-refractivity contribution in [2.75, 3.05) is 18.6 Å². The van der Waals surface area contributed by atoms with Crippen LogP contribution in [0.1, 0.15) is 16.8 Å². The molecule has 7 heteroatoms. The molecular formula is C13H15ClN2O4. The summed E-state index contributed by atoms with van der Waals surface area (Å²) in [5.74, 6) is -1.60. The van der Waals surface area contributed by atoms with E-state index in [1.807, 2.05) is 0 Å². The molecule has 0 bridgehead atoms. The molecule has 1 fully saturated rings. The Morgan fingerprint density at radius 2 is 2.20 bits per heavy atom. The van der Waals surface area contributed by atoms with Gasteiger partial charge in [0.25, 0.3) is 5.91 Å². The Kier molecular flexibility index (Phi) is 4.15. The van der Waals surface area contributed by atoms with E-state index in [1.54, 1.807) is 17.0 Å². The SMILES string of the molecule is COC1CC(C(=O)O)N(c2cc(Cl)ccc2C(N)=O)C1. The maximum atomic E-state index is 11.5. The van der Waals surface area contributed by atoms with Crippen LogP contribution < -0.4 is 10.6 Å². The zero-order valence-corrected chi connectivity index (χ0v) is 11.6. The minimum atomic E-state index is -0.972. The van der Waals surface area contributed by atoms with Gasteiger partial charge >= 0.3 is 5.97 Å². The number of aliphatic carboxylic acids is 1. The molecule has 1 heterocycles. The summed E-state index contributed by atoms with van der Waals surface area (Å²) in [4.78, 5) is 24.5. The number of carbonyl (C=O) groups is 2. The topological polar surface area (TPSA) is 92.9 Å². The van der Waals surface area contributed by atoms with Crippen molar-refractivity contribution in [2.24, 2.45) is 5.73 Å². The van der Waals surface area contributed by atoms with Crippen molar-refractivity contribution in [3.63, 3.8) is 0 Å². The number of nitrogens with two attached hydrogens (primary N) is 1. The maximum absolute atomic E-state index is 11.5. The Bertz CT molecular complexity index is 549. The average molecular weight is 299 g/mol. The third-order valence-electron chi connectivity index (χ3n) is 3.42. The third kappa shape index (κ3) is 2.71. The number of amides is 1. The number of hydrogen-bond acceptors (Lipinski definition) is 4. The zero-order chi connectivity index (χ0) is 14.9. The Balaban J connectivity index is 2.45. The van der Waals surface area contributed by atoms with E-state index in [-0.39, 0.29) is 11.7 Å². The monoisotopic (exact) mass is 298 g/mol. The lowest BCUT2D eigenvalue weighted by Crippen LogP contribution is -2.37. The normalized spacial score (nSPS) is 22.0. The number of rotatable bonds is 4. The molecule has 3 N–H and O–H groups in total. The molecule has 2 unspecified atom stereocenters. The Labute approximate surface area is 121 Å². The predicted octanol–water partition coefficient (Wildman–Crippen LogP) is 1.12. The fourth-order valence-electron chi connectivity index (χ4n) is 2.42. The van der Waals surface area contributed by atoms with Crippen molar-refractivity contribution in [3.8, 4) is 0 Å². The molecule has 1 aliphatic rings. The molecule has 108 valence electrons. The molecular weight excluding hydrogens is 284 g/mol. The highest BCUT2D eigenvalue weighted by molar-refractivity contribution is 6.31. The van der Waals surface area contributed by atoms with Crippen LogP contribution >= 0.6 is 11.6 Å². The number of anilines is 1. The van der Waals surface area contributed by atoms with Gasteiger partial charge in [0.1, 0.15) is 6.04 Å². The smallest absolute Gasteiger partial charge is 0.326 e. The highest BCUT2D eigenvalue weighted by Crippen LogP contribution is 2.32. The van der Waals surface area contributed by atoms with Gasteiger partial charge in [-0.1, -0.05) is 11.6 Å². The van der Waals surface area contributed by atoms with Crippen molar-refractivity contribution in [1.82, 2.24) is 0 Å². The van der Waals surface area contributed by atoms with Crippen molar-refractivity contribution in [1.29, 1.82) is 0 Å². The Morgan fingerprint density at radius 1 is 1.50 bits per heavy atom. The van der Waals surface area contributed by atoms with Crippen LogP contribution in [0, 0.1) is 0 Å². The number of carboxylic acid groups (broad SMARTS) is 1. The van der Waals surface area contributed by atoms with Crippen LogP contribution in [-0.4, -0.2) is 42.8 Å². The largest absolute Gasteiger partial charge is 0.480 e. The number of benzene rings is 1. The van der Waals surface area contributed by atoms with Crippen LogP contribution in [0.5, 0.6) is 0 Å². The number of ether oxygens (including phenoxy) is 1. The molecule has 6 nitrogen and oxygen atoms in total. The standard InChI is InChI=1S/C13H15ClN2O4/c1-20-8-5-11(13(18)19)16(6-8)10-4-7(14)2-3-9(10)12(15)17/h2-4,8,11H,5-6H2,1H3,(H2,15,17)(H,18,19). The minimum absolute atomic E-state index is 0.212. The highest BCUT2D eigenvalue weighted by Gasteiger charge is 2.38. The summed E-state index contributed by atoms with van der Waals surface area (Å²) in [6.45, 7) is 0.369. The van der Waals surface area contributed by atoms with E-state index < -0.39 is 17.9 Å². The fourth-order valence-corrected chi connectivity index (χ4v) is 2.59. The van der Waals surface area contributed by atoms with Gasteiger partial charge in [0.2, 0.25) is 0 Å². The summed E-state index contributed by atoms with van der Waals surface area (Å²) in [7, 11) is 1.53. The highest BCUT2D eigenvalue weighted by atomic mass is 35.5. The van der Waals surface area contributed by atoms with Gasteiger partial charge in [0, 0.05) is 25.1 Å². The number of carboxylic acids is 1. The van der Waals surface area contributed by atoms with E-state index in [0.717, 1.165) is 0 Å². The minimum Gasteiger partial charge on any atom is -0.480 e. The van der Waals surface area contributed by atoms with Crippen molar-refractivity contribution in [3.05, 3.63) is 28.8 Å². The summed E-state index contributed by atoms with van der Waals surface area (Å²) < 4.78 is 5.22. The summed E-state index contributed by atoms with van der Waals surface area (Å²) in [6.07, 6.45) is 0.132. The first-order chi connectivity index (χ1) is 9.43. The molecule has 0 radical (unpaired) electrons. The van der Waals surface area contributed by atoms with Gasteiger partial charge in [-0.05, 0) is 18.2 Å². The first-order valence-corrected chi connectivity index (χ1v) is 6.43. The van der Waals surface area contributed by atoms with E-state index in [0.29, 0.717) is 23.7 Å². The maximum Gasteiger partial charge on any atom is 0.326 e. The summed E-state index contributed by atoms with van der Waals surface area (Å²) in [5.41, 5.74) is 6.01. The fraction of sp³-hybridized carbons (Fsp3) is 0.385. The van der Waals surface area contributed by atoms with Crippen LogP contribution in [0.3, 0.4) is 0 Å². The lowest BCUT2D eigenvalue weighted by molar-refractivity contribution is -0.138. The molecule has 0 saturated carbocycles. The van der Waals surface area contributed by atoms with Gasteiger partial charge in [-0.15, -0.1) is 0 Å². The summed E-state index contributed by atoms with van der Waals surface area (Å²) in [5, 5.41) is 9.72. The molecule has 1 amide bonds. The molecule has 1 aromatic rings. The van der Waals surface area contributed by atoms with Gasteiger partial charge in [0.15, 0.2) is 0 Å². The molecule has 0 aromatic heterocycles. The second-order valence-electron chi connectivity index (χ2n) is 4.63. The van der Waals surface area contributed by atoms with Crippen LogP contribution in [0.15, 0.2) is 18.2 Å². The summed E-state index contributed by atoms with van der Waals surface area (Å²) >= 11 is 5.94. The number of carbonyl (C=O) groups excluding carboxylic acids is 1. The van der Waals surface area contributed by atoms with Crippen LogP contribution in [-0.2, 0) is 9.53 Å². The van der Waals surface area contributed by atoms with Crippen LogP contribution in [0.25, 0.3) is 0 Å². The van der Waals surface area contributed by atoms with Gasteiger partial charge < -0.3 is 20.5 Å². The lowest BCUT2D eigenvalue weighted by atomic mass is 10.1. The predicted molar refractivity (Wildman–Crippen MR) is 74.2 cm³/mol. The van der Waals surface area contributed by atoms with Crippen LogP contribution in [0.2, 0.25) is 5.02 Å². The van der Waals surface area contributed by atoms with Crippen molar-refractivity contribution in [2.45, 2.75) is 18.6 Å². The zero-order valence-electron chi connectivity index (χ0n) is 10.9. The number of nitrogens with zero attached hydrogens (tertiary/aromatic N) is 1. The average Bonchev–Trinajstić information content (AvgIpc) is 2.82. The van der Waals surface area contributed by atoms with E-state index in [2.05, 4.69) is 0 Å². The van der Waals surface area contributed by atoms with Crippen molar-refractivity contribution < 1.29 is 19.4 Å². The third-order valence-corrected chi connectivity index (χ3v) is 3.65. The van der Waals surface area contributed by atoms with Crippen LogP contribution in [0.4, 0.5) is 5.69 Å². The number of halogens is 1. The van der Waals surface area contributed by atoms with Crippen molar-refractivity contribution >= 4 is 29.2 Å². The molecule has 1 aliphatic heterocycles. The molecule has 2 atom stereocenters. The number of primary amides is 1. The molecule has 2 rings (SSSR count).